The third kappa shape index (κ3) is 6.51. The number of hydrogen-bond donors (Lipinski definition) is 1. The van der Waals surface area contributed by atoms with E-state index in [9.17, 15) is 18.0 Å². The average molecular weight is 255 g/mol. The van der Waals surface area contributed by atoms with Gasteiger partial charge < -0.3 is 5.11 Å². The van der Waals surface area contributed by atoms with Crippen LogP contribution in [0.25, 0.3) is 0 Å². The molecule has 0 rings (SSSR count). The van der Waals surface area contributed by atoms with E-state index in [1.54, 1.807) is 13.8 Å². The molecule has 17 heavy (non-hydrogen) atoms. The molecule has 102 valence electrons. The summed E-state index contributed by atoms with van der Waals surface area (Å²) in [6.07, 6.45) is -2.75. The Kier molecular flexibility index (Phi) is 6.52. The Hall–Kier alpha value is -0.780. The second kappa shape index (κ2) is 6.83. The van der Waals surface area contributed by atoms with E-state index < -0.39 is 30.8 Å². The molecule has 0 aromatic carbocycles. The SMILES string of the molecule is CCCCC(C(=O)O)N(CC(F)(F)F)C(C)C. The van der Waals surface area contributed by atoms with Crippen molar-refractivity contribution in [1.29, 1.82) is 0 Å². The third-order valence-electron chi connectivity index (χ3n) is 2.54. The van der Waals surface area contributed by atoms with Crippen molar-refractivity contribution >= 4 is 5.97 Å². The predicted octanol–water partition coefficient (Wildman–Crippen LogP) is 2.90. The van der Waals surface area contributed by atoms with Gasteiger partial charge in [0.25, 0.3) is 0 Å². The van der Waals surface area contributed by atoms with Gasteiger partial charge in [-0.1, -0.05) is 19.8 Å². The van der Waals surface area contributed by atoms with Gasteiger partial charge in [0, 0.05) is 6.04 Å². The first kappa shape index (κ1) is 16.2. The molecule has 0 aromatic rings. The Labute approximate surface area is 99.6 Å². The van der Waals surface area contributed by atoms with Crippen LogP contribution in [0, 0.1) is 0 Å². The van der Waals surface area contributed by atoms with E-state index in [1.165, 1.54) is 0 Å². The smallest absolute Gasteiger partial charge is 0.401 e. The quantitative estimate of drug-likeness (QED) is 0.760. The molecule has 0 aromatic heterocycles. The number of carboxylic acid groups (broad SMARTS) is 1. The van der Waals surface area contributed by atoms with Crippen LogP contribution in [0.15, 0.2) is 0 Å². The van der Waals surface area contributed by atoms with E-state index in [1.807, 2.05) is 6.92 Å². The van der Waals surface area contributed by atoms with Gasteiger partial charge in [-0.05, 0) is 20.3 Å². The predicted molar refractivity (Wildman–Crippen MR) is 58.8 cm³/mol. The molecule has 0 bridgehead atoms. The van der Waals surface area contributed by atoms with E-state index in [2.05, 4.69) is 0 Å². The molecule has 0 saturated carbocycles. The summed E-state index contributed by atoms with van der Waals surface area (Å²) in [7, 11) is 0. The van der Waals surface area contributed by atoms with Crippen molar-refractivity contribution in [3.05, 3.63) is 0 Å². The van der Waals surface area contributed by atoms with Gasteiger partial charge in [0.2, 0.25) is 0 Å². The molecule has 0 saturated heterocycles. The molecule has 0 fully saturated rings. The molecular weight excluding hydrogens is 235 g/mol. The van der Waals surface area contributed by atoms with Gasteiger partial charge in [0.05, 0.1) is 6.54 Å². The Morgan fingerprint density at radius 2 is 1.88 bits per heavy atom. The van der Waals surface area contributed by atoms with E-state index in [0.717, 1.165) is 11.3 Å². The fourth-order valence-corrected chi connectivity index (χ4v) is 1.69. The lowest BCUT2D eigenvalue weighted by Gasteiger charge is -2.32. The number of rotatable bonds is 7. The van der Waals surface area contributed by atoms with Gasteiger partial charge in [-0.25, -0.2) is 0 Å². The van der Waals surface area contributed by atoms with Gasteiger partial charge >= 0.3 is 12.1 Å². The summed E-state index contributed by atoms with van der Waals surface area (Å²) in [5, 5.41) is 9.01. The normalized spacial score (nSPS) is 14.4. The van der Waals surface area contributed by atoms with Crippen molar-refractivity contribution in [3.63, 3.8) is 0 Å². The van der Waals surface area contributed by atoms with Crippen LogP contribution in [-0.4, -0.2) is 40.8 Å². The van der Waals surface area contributed by atoms with Crippen molar-refractivity contribution in [3.8, 4) is 0 Å². The molecule has 6 heteroatoms. The summed E-state index contributed by atoms with van der Waals surface area (Å²) >= 11 is 0. The summed E-state index contributed by atoms with van der Waals surface area (Å²) in [4.78, 5) is 12.0. The topological polar surface area (TPSA) is 40.5 Å². The summed E-state index contributed by atoms with van der Waals surface area (Å²) in [6, 6.07) is -1.51. The number of carboxylic acids is 1. The van der Waals surface area contributed by atoms with Crippen LogP contribution in [0.2, 0.25) is 0 Å². The Morgan fingerprint density at radius 3 is 2.18 bits per heavy atom. The fourth-order valence-electron chi connectivity index (χ4n) is 1.69. The highest BCUT2D eigenvalue weighted by Gasteiger charge is 2.37. The molecule has 1 N–H and O–H groups in total. The first-order valence-corrected chi connectivity index (χ1v) is 5.74. The summed E-state index contributed by atoms with van der Waals surface area (Å²) in [6.45, 7) is 3.86. The van der Waals surface area contributed by atoms with Crippen LogP contribution < -0.4 is 0 Å². The van der Waals surface area contributed by atoms with Gasteiger partial charge in [-0.3, -0.25) is 9.69 Å². The first-order valence-electron chi connectivity index (χ1n) is 5.74. The van der Waals surface area contributed by atoms with Crippen LogP contribution >= 0.6 is 0 Å². The molecule has 0 aliphatic carbocycles. The van der Waals surface area contributed by atoms with Crippen molar-refractivity contribution in [2.24, 2.45) is 0 Å². The number of nitrogens with zero attached hydrogens (tertiary/aromatic N) is 1. The second-order valence-corrected chi connectivity index (χ2v) is 4.38. The number of hydrogen-bond acceptors (Lipinski definition) is 2. The number of carbonyl (C=O) groups is 1. The molecule has 1 unspecified atom stereocenters. The van der Waals surface area contributed by atoms with Crippen LogP contribution in [-0.2, 0) is 4.79 Å². The lowest BCUT2D eigenvalue weighted by Crippen LogP contribution is -2.49. The maximum atomic E-state index is 12.4. The summed E-state index contributed by atoms with van der Waals surface area (Å²) in [5.74, 6) is -1.18. The van der Waals surface area contributed by atoms with Gasteiger partial charge in [-0.15, -0.1) is 0 Å². The zero-order chi connectivity index (χ0) is 13.6. The average Bonchev–Trinajstić information content (AvgIpc) is 2.14. The first-order chi connectivity index (χ1) is 7.69. The minimum absolute atomic E-state index is 0.250. The van der Waals surface area contributed by atoms with Crippen LogP contribution in [0.5, 0.6) is 0 Å². The van der Waals surface area contributed by atoms with Crippen LogP contribution in [0.3, 0.4) is 0 Å². The minimum atomic E-state index is -4.37. The number of unbranched alkanes of at least 4 members (excludes halogenated alkanes) is 1. The summed E-state index contributed by atoms with van der Waals surface area (Å²) in [5.41, 5.74) is 0. The molecule has 0 spiro atoms. The highest BCUT2D eigenvalue weighted by atomic mass is 19.4. The highest BCUT2D eigenvalue weighted by Crippen LogP contribution is 2.22. The molecule has 0 aliphatic rings. The monoisotopic (exact) mass is 255 g/mol. The molecule has 0 aliphatic heterocycles. The molecule has 0 heterocycles. The number of aliphatic carboxylic acids is 1. The maximum absolute atomic E-state index is 12.4. The number of alkyl halides is 3. The van der Waals surface area contributed by atoms with E-state index in [-0.39, 0.29) is 6.42 Å². The molecular formula is C11H20F3NO2. The molecule has 1 atom stereocenters. The van der Waals surface area contributed by atoms with Gasteiger partial charge in [0.15, 0.2) is 0 Å². The molecule has 0 radical (unpaired) electrons. The van der Waals surface area contributed by atoms with Crippen LogP contribution in [0.4, 0.5) is 13.2 Å². The fraction of sp³-hybridized carbons (Fsp3) is 0.909. The van der Waals surface area contributed by atoms with E-state index in [0.29, 0.717) is 6.42 Å². The Bertz CT molecular complexity index is 241. The van der Waals surface area contributed by atoms with Crippen molar-refractivity contribution in [2.75, 3.05) is 6.54 Å². The molecule has 3 nitrogen and oxygen atoms in total. The van der Waals surface area contributed by atoms with Gasteiger partial charge in [0.1, 0.15) is 6.04 Å². The maximum Gasteiger partial charge on any atom is 0.401 e. The van der Waals surface area contributed by atoms with E-state index in [4.69, 9.17) is 5.11 Å². The molecule has 0 amide bonds. The zero-order valence-electron chi connectivity index (χ0n) is 10.4. The lowest BCUT2D eigenvalue weighted by molar-refractivity contribution is -0.165. The Balaban J connectivity index is 4.77. The third-order valence-corrected chi connectivity index (χ3v) is 2.54. The van der Waals surface area contributed by atoms with Crippen molar-refractivity contribution in [2.45, 2.75) is 58.3 Å². The van der Waals surface area contributed by atoms with Crippen LogP contribution in [0.1, 0.15) is 40.0 Å². The summed E-state index contributed by atoms with van der Waals surface area (Å²) < 4.78 is 37.1. The second-order valence-electron chi connectivity index (χ2n) is 4.38. The van der Waals surface area contributed by atoms with Crippen molar-refractivity contribution < 1.29 is 23.1 Å². The van der Waals surface area contributed by atoms with Gasteiger partial charge in [-0.2, -0.15) is 13.2 Å². The zero-order valence-corrected chi connectivity index (χ0v) is 10.4. The Morgan fingerprint density at radius 1 is 1.35 bits per heavy atom. The van der Waals surface area contributed by atoms with E-state index >= 15 is 0 Å². The van der Waals surface area contributed by atoms with Crippen molar-refractivity contribution in [1.82, 2.24) is 4.90 Å². The largest absolute Gasteiger partial charge is 0.480 e. The highest BCUT2D eigenvalue weighted by molar-refractivity contribution is 5.73. The lowest BCUT2D eigenvalue weighted by atomic mass is 10.1. The number of halogens is 3. The minimum Gasteiger partial charge on any atom is -0.480 e. The standard InChI is InChI=1S/C11H20F3NO2/c1-4-5-6-9(10(16)17)15(8(2)3)7-11(12,13)14/h8-9H,4-7H2,1-3H3,(H,16,17).